The number of benzene rings is 1. The van der Waals surface area contributed by atoms with Crippen LogP contribution in [0.5, 0.6) is 0 Å². The van der Waals surface area contributed by atoms with E-state index in [2.05, 4.69) is 34.9 Å². The van der Waals surface area contributed by atoms with Crippen molar-refractivity contribution in [3.63, 3.8) is 0 Å². The number of hydrogen-bond donors (Lipinski definition) is 2. The van der Waals surface area contributed by atoms with E-state index in [1.807, 2.05) is 0 Å². The summed E-state index contributed by atoms with van der Waals surface area (Å²) in [5.41, 5.74) is 2.77. The van der Waals surface area contributed by atoms with Crippen LogP contribution in [0.2, 0.25) is 0 Å². The van der Waals surface area contributed by atoms with Gasteiger partial charge in [-0.15, -0.1) is 0 Å². The number of rotatable bonds is 2. The van der Waals surface area contributed by atoms with Crippen molar-refractivity contribution in [2.45, 2.75) is 25.9 Å². The molecular weight excluding hydrogens is 188 g/mol. The summed E-state index contributed by atoms with van der Waals surface area (Å²) in [4.78, 5) is 10.8. The van der Waals surface area contributed by atoms with Crippen molar-refractivity contribution in [2.24, 2.45) is 0 Å². The van der Waals surface area contributed by atoms with Crippen LogP contribution in [0.1, 0.15) is 18.1 Å². The van der Waals surface area contributed by atoms with Gasteiger partial charge >= 0.3 is 0 Å². The Kier molecular flexibility index (Phi) is 3.02. The third kappa shape index (κ3) is 2.57. The van der Waals surface area contributed by atoms with Gasteiger partial charge in [0.2, 0.25) is 5.91 Å². The summed E-state index contributed by atoms with van der Waals surface area (Å²) in [5, 5.41) is 6.26. The molecule has 2 rings (SSSR count). The van der Waals surface area contributed by atoms with Gasteiger partial charge in [-0.3, -0.25) is 4.79 Å². The number of fused-ring (bicyclic) bond motifs is 1. The lowest BCUT2D eigenvalue weighted by Crippen LogP contribution is -2.44. The van der Waals surface area contributed by atoms with Crippen LogP contribution in [-0.4, -0.2) is 18.5 Å². The summed E-state index contributed by atoms with van der Waals surface area (Å²) in [7, 11) is 0. The Bertz CT molecular complexity index is 362. The molecule has 15 heavy (non-hydrogen) atoms. The summed E-state index contributed by atoms with van der Waals surface area (Å²) in [6.45, 7) is 3.17. The third-order valence-corrected chi connectivity index (χ3v) is 2.76. The number of carbonyl (C=O) groups excluding carboxylic acids is 1. The van der Waals surface area contributed by atoms with E-state index >= 15 is 0 Å². The molecule has 0 aromatic heterocycles. The monoisotopic (exact) mass is 204 g/mol. The third-order valence-electron chi connectivity index (χ3n) is 2.76. The standard InChI is InChI=1S/C12H16N2O/c1-9(15)13-8-12-6-10-4-2-3-5-11(10)7-14-12/h2-5,12,14H,6-8H2,1H3,(H,13,15)/t12-/m1/s1. The lowest BCUT2D eigenvalue weighted by Gasteiger charge is -2.26. The van der Waals surface area contributed by atoms with Crippen molar-refractivity contribution < 1.29 is 4.79 Å². The first-order chi connectivity index (χ1) is 7.25. The molecule has 0 radical (unpaired) electrons. The van der Waals surface area contributed by atoms with E-state index < -0.39 is 0 Å². The minimum Gasteiger partial charge on any atom is -0.355 e. The molecular formula is C12H16N2O. The van der Waals surface area contributed by atoms with Gasteiger partial charge in [-0.2, -0.15) is 0 Å². The van der Waals surface area contributed by atoms with Crippen LogP contribution in [0.3, 0.4) is 0 Å². The Morgan fingerprint density at radius 2 is 2.20 bits per heavy atom. The zero-order valence-corrected chi connectivity index (χ0v) is 8.92. The molecule has 0 saturated carbocycles. The highest BCUT2D eigenvalue weighted by molar-refractivity contribution is 5.72. The van der Waals surface area contributed by atoms with Crippen LogP contribution in [0.25, 0.3) is 0 Å². The lowest BCUT2D eigenvalue weighted by molar-refractivity contribution is -0.119. The Hall–Kier alpha value is -1.35. The molecule has 1 aromatic carbocycles. The van der Waals surface area contributed by atoms with E-state index in [0.717, 1.165) is 13.0 Å². The molecule has 0 fully saturated rings. The van der Waals surface area contributed by atoms with Gasteiger partial charge in [0.1, 0.15) is 0 Å². The van der Waals surface area contributed by atoms with Crippen LogP contribution in [-0.2, 0) is 17.8 Å². The van der Waals surface area contributed by atoms with Gasteiger partial charge in [-0.05, 0) is 17.5 Å². The van der Waals surface area contributed by atoms with Crippen LogP contribution >= 0.6 is 0 Å². The minimum absolute atomic E-state index is 0.0376. The Labute approximate surface area is 89.9 Å². The van der Waals surface area contributed by atoms with Crippen molar-refractivity contribution in [3.05, 3.63) is 35.4 Å². The Morgan fingerprint density at radius 1 is 1.47 bits per heavy atom. The van der Waals surface area contributed by atoms with Crippen molar-refractivity contribution in [2.75, 3.05) is 6.54 Å². The van der Waals surface area contributed by atoms with Crippen LogP contribution in [0.4, 0.5) is 0 Å². The molecule has 3 heteroatoms. The van der Waals surface area contributed by atoms with E-state index in [9.17, 15) is 4.79 Å². The Balaban J connectivity index is 1.96. The molecule has 0 aliphatic carbocycles. The molecule has 1 amide bonds. The van der Waals surface area contributed by atoms with Gasteiger partial charge in [-0.25, -0.2) is 0 Å². The topological polar surface area (TPSA) is 41.1 Å². The second-order valence-electron chi connectivity index (χ2n) is 3.99. The maximum Gasteiger partial charge on any atom is 0.216 e. The van der Waals surface area contributed by atoms with E-state index in [1.54, 1.807) is 6.92 Å². The molecule has 2 N–H and O–H groups in total. The molecule has 0 bridgehead atoms. The molecule has 1 aromatic rings. The normalized spacial score (nSPS) is 19.4. The van der Waals surface area contributed by atoms with Gasteiger partial charge in [0.25, 0.3) is 0 Å². The van der Waals surface area contributed by atoms with E-state index in [4.69, 9.17) is 0 Å². The smallest absolute Gasteiger partial charge is 0.216 e. The van der Waals surface area contributed by atoms with Crippen molar-refractivity contribution in [1.29, 1.82) is 0 Å². The molecule has 3 nitrogen and oxygen atoms in total. The number of hydrogen-bond acceptors (Lipinski definition) is 2. The van der Waals surface area contributed by atoms with Crippen molar-refractivity contribution in [3.8, 4) is 0 Å². The predicted octanol–water partition coefficient (Wildman–Crippen LogP) is 0.837. The fourth-order valence-electron chi connectivity index (χ4n) is 1.93. The average molecular weight is 204 g/mol. The van der Waals surface area contributed by atoms with Gasteiger partial charge in [0.15, 0.2) is 0 Å². The summed E-state index contributed by atoms with van der Waals surface area (Å²) in [5.74, 6) is 0.0376. The fraction of sp³-hybridized carbons (Fsp3) is 0.417. The first kappa shape index (κ1) is 10.2. The highest BCUT2D eigenvalue weighted by Crippen LogP contribution is 2.15. The summed E-state index contributed by atoms with van der Waals surface area (Å²) < 4.78 is 0. The van der Waals surface area contributed by atoms with Crippen molar-refractivity contribution in [1.82, 2.24) is 10.6 Å². The first-order valence-corrected chi connectivity index (χ1v) is 5.30. The molecule has 1 aliphatic heterocycles. The van der Waals surface area contributed by atoms with Crippen LogP contribution < -0.4 is 10.6 Å². The highest BCUT2D eigenvalue weighted by Gasteiger charge is 2.16. The van der Waals surface area contributed by atoms with E-state index in [0.29, 0.717) is 12.6 Å². The summed E-state index contributed by atoms with van der Waals surface area (Å²) in [6.07, 6.45) is 0.996. The van der Waals surface area contributed by atoms with E-state index in [-0.39, 0.29) is 5.91 Å². The molecule has 1 aliphatic rings. The molecule has 0 spiro atoms. The van der Waals surface area contributed by atoms with E-state index in [1.165, 1.54) is 11.1 Å². The summed E-state index contributed by atoms with van der Waals surface area (Å²) >= 11 is 0. The van der Waals surface area contributed by atoms with Gasteiger partial charge < -0.3 is 10.6 Å². The quantitative estimate of drug-likeness (QED) is 0.749. The van der Waals surface area contributed by atoms with Crippen LogP contribution in [0, 0.1) is 0 Å². The largest absolute Gasteiger partial charge is 0.355 e. The molecule has 0 saturated heterocycles. The minimum atomic E-state index is 0.0376. The van der Waals surface area contributed by atoms with Gasteiger partial charge in [0, 0.05) is 26.1 Å². The number of nitrogens with one attached hydrogen (secondary N) is 2. The second-order valence-corrected chi connectivity index (χ2v) is 3.99. The van der Waals surface area contributed by atoms with Gasteiger partial charge in [0.05, 0.1) is 0 Å². The highest BCUT2D eigenvalue weighted by atomic mass is 16.1. The zero-order chi connectivity index (χ0) is 10.7. The Morgan fingerprint density at radius 3 is 2.93 bits per heavy atom. The van der Waals surface area contributed by atoms with Crippen LogP contribution in [0.15, 0.2) is 24.3 Å². The predicted molar refractivity (Wildman–Crippen MR) is 59.5 cm³/mol. The number of amides is 1. The fourth-order valence-corrected chi connectivity index (χ4v) is 1.93. The zero-order valence-electron chi connectivity index (χ0n) is 8.92. The summed E-state index contributed by atoms with van der Waals surface area (Å²) in [6, 6.07) is 8.81. The SMILES string of the molecule is CC(=O)NC[C@H]1Cc2ccccc2CN1. The maximum absolute atomic E-state index is 10.8. The lowest BCUT2D eigenvalue weighted by atomic mass is 9.96. The average Bonchev–Trinajstić information content (AvgIpc) is 2.26. The molecule has 0 unspecified atom stereocenters. The first-order valence-electron chi connectivity index (χ1n) is 5.30. The molecule has 1 heterocycles. The van der Waals surface area contributed by atoms with Crippen molar-refractivity contribution >= 4 is 5.91 Å². The number of carbonyl (C=O) groups is 1. The van der Waals surface area contributed by atoms with Gasteiger partial charge in [-0.1, -0.05) is 24.3 Å². The maximum atomic E-state index is 10.8. The molecule has 1 atom stereocenters. The second kappa shape index (κ2) is 4.45. The molecule has 80 valence electrons.